The molecule has 0 aromatic heterocycles. The Morgan fingerprint density at radius 2 is 2.16 bits per heavy atom. The van der Waals surface area contributed by atoms with Crippen LogP contribution < -0.4 is 15.4 Å². The molecule has 19 heavy (non-hydrogen) atoms. The quantitative estimate of drug-likeness (QED) is 0.761. The van der Waals surface area contributed by atoms with E-state index in [1.807, 2.05) is 0 Å². The molecule has 1 atom stereocenters. The van der Waals surface area contributed by atoms with Crippen LogP contribution in [0.5, 0.6) is 5.75 Å². The minimum atomic E-state index is -1.12. The molecule has 0 aliphatic carbocycles. The van der Waals surface area contributed by atoms with E-state index in [2.05, 4.69) is 10.6 Å². The number of hydrogen-bond acceptors (Lipinski definition) is 3. The Bertz CT molecular complexity index is 479. The summed E-state index contributed by atoms with van der Waals surface area (Å²) in [5.74, 6) is -1.68. The molecule has 1 aromatic carbocycles. The second kappa shape index (κ2) is 6.58. The SMILES string of the molecule is CCC(NC(=O)Nc1ccc(F)c(OC)c1)C(=O)O. The van der Waals surface area contributed by atoms with Crippen LogP contribution in [0, 0.1) is 5.82 Å². The Balaban J connectivity index is 2.69. The van der Waals surface area contributed by atoms with Crippen molar-refractivity contribution >= 4 is 17.7 Å². The smallest absolute Gasteiger partial charge is 0.326 e. The molecule has 7 heteroatoms. The molecule has 1 rings (SSSR count). The Kier molecular flexibility index (Phi) is 5.11. The van der Waals surface area contributed by atoms with Crippen molar-refractivity contribution in [2.45, 2.75) is 19.4 Å². The summed E-state index contributed by atoms with van der Waals surface area (Å²) in [6.07, 6.45) is 0.259. The molecule has 0 aliphatic rings. The van der Waals surface area contributed by atoms with Crippen LogP contribution in [0.1, 0.15) is 13.3 Å². The molecule has 104 valence electrons. The third-order valence-electron chi connectivity index (χ3n) is 2.42. The summed E-state index contributed by atoms with van der Waals surface area (Å²) in [5, 5.41) is 13.5. The van der Waals surface area contributed by atoms with Gasteiger partial charge in [0.1, 0.15) is 6.04 Å². The highest BCUT2D eigenvalue weighted by molar-refractivity contribution is 5.92. The normalized spacial score (nSPS) is 11.5. The van der Waals surface area contributed by atoms with Gasteiger partial charge in [-0.3, -0.25) is 0 Å². The fourth-order valence-electron chi connectivity index (χ4n) is 1.40. The number of aliphatic carboxylic acids is 1. The fourth-order valence-corrected chi connectivity index (χ4v) is 1.40. The van der Waals surface area contributed by atoms with Gasteiger partial charge in [-0.05, 0) is 18.6 Å². The van der Waals surface area contributed by atoms with Crippen LogP contribution in [-0.2, 0) is 4.79 Å². The van der Waals surface area contributed by atoms with Crippen LogP contribution in [0.4, 0.5) is 14.9 Å². The van der Waals surface area contributed by atoms with E-state index in [9.17, 15) is 14.0 Å². The van der Waals surface area contributed by atoms with Crippen LogP contribution in [0.3, 0.4) is 0 Å². The molecule has 0 saturated heterocycles. The molecule has 6 nitrogen and oxygen atoms in total. The van der Waals surface area contributed by atoms with E-state index >= 15 is 0 Å². The first kappa shape index (κ1) is 14.7. The number of benzene rings is 1. The Labute approximate surface area is 109 Å². The number of carbonyl (C=O) groups is 2. The van der Waals surface area contributed by atoms with Gasteiger partial charge in [0.2, 0.25) is 0 Å². The number of rotatable bonds is 5. The zero-order valence-corrected chi connectivity index (χ0v) is 10.6. The molecular weight excluding hydrogens is 255 g/mol. The molecule has 1 aromatic rings. The van der Waals surface area contributed by atoms with Crippen LogP contribution in [0.15, 0.2) is 18.2 Å². The average Bonchev–Trinajstić information content (AvgIpc) is 2.37. The van der Waals surface area contributed by atoms with E-state index in [1.54, 1.807) is 6.92 Å². The molecule has 0 aliphatic heterocycles. The van der Waals surface area contributed by atoms with Crippen LogP contribution in [0.2, 0.25) is 0 Å². The molecule has 1 unspecified atom stereocenters. The number of halogens is 1. The van der Waals surface area contributed by atoms with Crippen LogP contribution in [-0.4, -0.2) is 30.3 Å². The summed E-state index contributed by atoms with van der Waals surface area (Å²) in [7, 11) is 1.31. The summed E-state index contributed by atoms with van der Waals surface area (Å²) >= 11 is 0. The third-order valence-corrected chi connectivity index (χ3v) is 2.42. The predicted octanol–water partition coefficient (Wildman–Crippen LogP) is 1.82. The minimum absolute atomic E-state index is 0.0110. The number of carbonyl (C=O) groups excluding carboxylic acids is 1. The van der Waals surface area contributed by atoms with E-state index in [0.29, 0.717) is 5.69 Å². The maximum absolute atomic E-state index is 13.1. The number of urea groups is 1. The molecule has 0 radical (unpaired) electrons. The molecule has 0 spiro atoms. The van der Waals surface area contributed by atoms with Gasteiger partial charge in [-0.15, -0.1) is 0 Å². The van der Waals surface area contributed by atoms with Gasteiger partial charge >= 0.3 is 12.0 Å². The van der Waals surface area contributed by atoms with Crippen molar-refractivity contribution in [3.05, 3.63) is 24.0 Å². The van der Waals surface area contributed by atoms with Crippen molar-refractivity contribution in [1.29, 1.82) is 0 Å². The van der Waals surface area contributed by atoms with E-state index < -0.39 is 23.9 Å². The van der Waals surface area contributed by atoms with E-state index in [0.717, 1.165) is 6.07 Å². The predicted molar refractivity (Wildman–Crippen MR) is 66.8 cm³/mol. The van der Waals surface area contributed by atoms with Gasteiger partial charge in [-0.1, -0.05) is 6.92 Å². The largest absolute Gasteiger partial charge is 0.494 e. The molecule has 0 saturated carbocycles. The monoisotopic (exact) mass is 270 g/mol. The Morgan fingerprint density at radius 1 is 1.47 bits per heavy atom. The first-order valence-electron chi connectivity index (χ1n) is 5.61. The summed E-state index contributed by atoms with van der Waals surface area (Å²) in [4.78, 5) is 22.3. The first-order valence-corrected chi connectivity index (χ1v) is 5.61. The van der Waals surface area contributed by atoms with Gasteiger partial charge in [0.05, 0.1) is 7.11 Å². The number of nitrogens with one attached hydrogen (secondary N) is 2. The van der Waals surface area contributed by atoms with Crippen LogP contribution >= 0.6 is 0 Å². The Morgan fingerprint density at radius 3 is 2.68 bits per heavy atom. The van der Waals surface area contributed by atoms with Gasteiger partial charge in [0.25, 0.3) is 0 Å². The zero-order chi connectivity index (χ0) is 14.4. The molecular formula is C12H15FN2O4. The van der Waals surface area contributed by atoms with Gasteiger partial charge < -0.3 is 20.5 Å². The average molecular weight is 270 g/mol. The maximum Gasteiger partial charge on any atom is 0.326 e. The van der Waals surface area contributed by atoms with Crippen molar-refractivity contribution in [2.75, 3.05) is 12.4 Å². The van der Waals surface area contributed by atoms with Crippen molar-refractivity contribution in [3.63, 3.8) is 0 Å². The summed E-state index contributed by atoms with van der Waals surface area (Å²) < 4.78 is 17.9. The second-order valence-electron chi connectivity index (χ2n) is 3.75. The molecule has 0 heterocycles. The number of amides is 2. The summed E-state index contributed by atoms with van der Waals surface area (Å²) in [6, 6.07) is 2.14. The highest BCUT2D eigenvalue weighted by Crippen LogP contribution is 2.21. The van der Waals surface area contributed by atoms with Gasteiger partial charge in [-0.25, -0.2) is 14.0 Å². The number of carboxylic acids is 1. The standard InChI is InChI=1S/C12H15FN2O4/c1-3-9(11(16)17)15-12(18)14-7-4-5-8(13)10(6-7)19-2/h4-6,9H,3H2,1-2H3,(H,16,17)(H2,14,15,18). The zero-order valence-electron chi connectivity index (χ0n) is 10.6. The first-order chi connectivity index (χ1) is 8.97. The lowest BCUT2D eigenvalue weighted by molar-refractivity contribution is -0.139. The number of ether oxygens (including phenoxy) is 1. The van der Waals surface area contributed by atoms with Crippen molar-refractivity contribution < 1.29 is 23.8 Å². The minimum Gasteiger partial charge on any atom is -0.494 e. The van der Waals surface area contributed by atoms with Crippen molar-refractivity contribution in [2.24, 2.45) is 0 Å². The van der Waals surface area contributed by atoms with Crippen molar-refractivity contribution in [3.8, 4) is 5.75 Å². The lowest BCUT2D eigenvalue weighted by atomic mass is 10.2. The topological polar surface area (TPSA) is 87.7 Å². The fraction of sp³-hybridized carbons (Fsp3) is 0.333. The van der Waals surface area contributed by atoms with E-state index in [4.69, 9.17) is 9.84 Å². The molecule has 2 amide bonds. The maximum atomic E-state index is 13.1. The number of methoxy groups -OCH3 is 1. The van der Waals surface area contributed by atoms with Gasteiger partial charge in [0.15, 0.2) is 11.6 Å². The Hall–Kier alpha value is -2.31. The molecule has 0 fully saturated rings. The molecule has 3 N–H and O–H groups in total. The number of anilines is 1. The third kappa shape index (κ3) is 4.13. The van der Waals surface area contributed by atoms with Gasteiger partial charge in [-0.2, -0.15) is 0 Å². The van der Waals surface area contributed by atoms with Crippen LogP contribution in [0.25, 0.3) is 0 Å². The molecule has 0 bridgehead atoms. The lowest BCUT2D eigenvalue weighted by Crippen LogP contribution is -2.42. The van der Waals surface area contributed by atoms with E-state index in [-0.39, 0.29) is 12.2 Å². The second-order valence-corrected chi connectivity index (χ2v) is 3.75. The van der Waals surface area contributed by atoms with Crippen molar-refractivity contribution in [1.82, 2.24) is 5.32 Å². The highest BCUT2D eigenvalue weighted by Gasteiger charge is 2.17. The highest BCUT2D eigenvalue weighted by atomic mass is 19.1. The number of hydrogen-bond donors (Lipinski definition) is 3. The number of carboxylic acid groups (broad SMARTS) is 1. The van der Waals surface area contributed by atoms with E-state index in [1.165, 1.54) is 19.2 Å². The lowest BCUT2D eigenvalue weighted by Gasteiger charge is -2.13. The summed E-state index contributed by atoms with van der Waals surface area (Å²) in [5.41, 5.74) is 0.302. The summed E-state index contributed by atoms with van der Waals surface area (Å²) in [6.45, 7) is 1.64. The van der Waals surface area contributed by atoms with Gasteiger partial charge in [0, 0.05) is 11.8 Å².